The molecule has 0 bridgehead atoms. The van der Waals surface area contributed by atoms with Crippen LogP contribution in [0.1, 0.15) is 26.7 Å². The second kappa shape index (κ2) is 5.56. The van der Waals surface area contributed by atoms with Crippen molar-refractivity contribution in [3.8, 4) is 0 Å². The van der Waals surface area contributed by atoms with Gasteiger partial charge in [-0.2, -0.15) is 0 Å². The Morgan fingerprint density at radius 3 is 2.85 bits per heavy atom. The van der Waals surface area contributed by atoms with Crippen LogP contribution in [0.2, 0.25) is 0 Å². The average molecular weight is 281 g/mol. The Morgan fingerprint density at radius 2 is 2.05 bits per heavy atom. The van der Waals surface area contributed by atoms with Gasteiger partial charge in [0.25, 0.3) is 0 Å². The fourth-order valence-corrected chi connectivity index (χ4v) is 4.52. The zero-order valence-electron chi connectivity index (χ0n) is 13.6. The van der Waals surface area contributed by atoms with Crippen LogP contribution >= 0.6 is 0 Å². The standard InChI is InChI=1S/C16H31N3O/c1-16(2)14(13-6-5-9-20-15(13)16)17-10-12-11-18(3)7-8-19(12)4/h12-15,17H,5-11H2,1-4H3. The van der Waals surface area contributed by atoms with Gasteiger partial charge >= 0.3 is 0 Å². The summed E-state index contributed by atoms with van der Waals surface area (Å²) < 4.78 is 5.99. The third-order valence-electron chi connectivity index (χ3n) is 5.88. The summed E-state index contributed by atoms with van der Waals surface area (Å²) in [4.78, 5) is 4.96. The fraction of sp³-hybridized carbons (Fsp3) is 1.00. The highest BCUT2D eigenvalue weighted by molar-refractivity contribution is 5.10. The molecule has 0 aromatic rings. The van der Waals surface area contributed by atoms with E-state index in [0.29, 0.717) is 23.6 Å². The monoisotopic (exact) mass is 281 g/mol. The Morgan fingerprint density at radius 1 is 1.25 bits per heavy atom. The molecule has 4 unspecified atom stereocenters. The van der Waals surface area contributed by atoms with Crippen molar-refractivity contribution in [2.75, 3.05) is 46.9 Å². The van der Waals surface area contributed by atoms with E-state index in [2.05, 4.69) is 43.1 Å². The van der Waals surface area contributed by atoms with Gasteiger partial charge in [0.2, 0.25) is 0 Å². The van der Waals surface area contributed by atoms with Gasteiger partial charge in [0.15, 0.2) is 0 Å². The number of nitrogens with zero attached hydrogens (tertiary/aromatic N) is 2. The lowest BCUT2D eigenvalue weighted by Crippen LogP contribution is -2.70. The third kappa shape index (κ3) is 2.52. The minimum absolute atomic E-state index is 0.296. The molecule has 0 radical (unpaired) electrons. The van der Waals surface area contributed by atoms with Crippen molar-refractivity contribution in [2.24, 2.45) is 11.3 Å². The lowest BCUT2D eigenvalue weighted by atomic mass is 9.55. The molecule has 1 saturated carbocycles. The van der Waals surface area contributed by atoms with Crippen LogP contribution in [-0.2, 0) is 4.74 Å². The summed E-state index contributed by atoms with van der Waals surface area (Å²) >= 11 is 0. The first-order valence-electron chi connectivity index (χ1n) is 8.24. The first-order chi connectivity index (χ1) is 9.50. The van der Waals surface area contributed by atoms with E-state index in [1.165, 1.54) is 32.5 Å². The van der Waals surface area contributed by atoms with E-state index in [9.17, 15) is 0 Å². The van der Waals surface area contributed by atoms with Crippen LogP contribution in [0, 0.1) is 11.3 Å². The predicted octanol–water partition coefficient (Wildman–Crippen LogP) is 1.03. The van der Waals surface area contributed by atoms with Crippen molar-refractivity contribution in [3.05, 3.63) is 0 Å². The Hall–Kier alpha value is -0.160. The molecule has 4 nitrogen and oxygen atoms in total. The topological polar surface area (TPSA) is 27.7 Å². The highest BCUT2D eigenvalue weighted by atomic mass is 16.5. The largest absolute Gasteiger partial charge is 0.377 e. The minimum Gasteiger partial charge on any atom is -0.377 e. The van der Waals surface area contributed by atoms with Crippen LogP contribution in [0.5, 0.6) is 0 Å². The maximum atomic E-state index is 5.99. The zero-order chi connectivity index (χ0) is 14.3. The van der Waals surface area contributed by atoms with Crippen molar-refractivity contribution in [2.45, 2.75) is 44.9 Å². The van der Waals surface area contributed by atoms with Gasteiger partial charge in [0, 0.05) is 56.2 Å². The predicted molar refractivity (Wildman–Crippen MR) is 82.0 cm³/mol. The first kappa shape index (κ1) is 14.8. The average Bonchev–Trinajstić information content (AvgIpc) is 2.42. The van der Waals surface area contributed by atoms with Gasteiger partial charge in [0.05, 0.1) is 6.10 Å². The molecule has 2 heterocycles. The van der Waals surface area contributed by atoms with Gasteiger partial charge in [0.1, 0.15) is 0 Å². The van der Waals surface area contributed by atoms with Crippen LogP contribution in [0.4, 0.5) is 0 Å². The van der Waals surface area contributed by atoms with E-state index in [-0.39, 0.29) is 0 Å². The van der Waals surface area contributed by atoms with E-state index < -0.39 is 0 Å². The maximum Gasteiger partial charge on any atom is 0.0684 e. The number of likely N-dealkylation sites (N-methyl/N-ethyl adjacent to an activating group) is 2. The third-order valence-corrected chi connectivity index (χ3v) is 5.88. The molecule has 0 aromatic carbocycles. The normalized spacial score (nSPS) is 42.0. The molecular weight excluding hydrogens is 250 g/mol. The second-order valence-electron chi connectivity index (χ2n) is 7.70. The number of hydrogen-bond acceptors (Lipinski definition) is 4. The van der Waals surface area contributed by atoms with Crippen molar-refractivity contribution in [1.29, 1.82) is 0 Å². The Kier molecular flexibility index (Phi) is 4.10. The van der Waals surface area contributed by atoms with Crippen molar-refractivity contribution in [1.82, 2.24) is 15.1 Å². The van der Waals surface area contributed by atoms with Crippen LogP contribution in [0.15, 0.2) is 0 Å². The van der Waals surface area contributed by atoms with Crippen LogP contribution in [0.3, 0.4) is 0 Å². The number of rotatable bonds is 3. The minimum atomic E-state index is 0.296. The number of fused-ring (bicyclic) bond motifs is 1. The van der Waals surface area contributed by atoms with E-state index in [0.717, 1.165) is 19.1 Å². The summed E-state index contributed by atoms with van der Waals surface area (Å²) in [5, 5.41) is 3.88. The molecule has 0 aromatic heterocycles. The summed E-state index contributed by atoms with van der Waals surface area (Å²) in [6.45, 7) is 10.4. The van der Waals surface area contributed by atoms with E-state index in [1.54, 1.807) is 0 Å². The summed E-state index contributed by atoms with van der Waals surface area (Å²) in [6.07, 6.45) is 3.06. The smallest absolute Gasteiger partial charge is 0.0684 e. The summed E-state index contributed by atoms with van der Waals surface area (Å²) in [5.74, 6) is 0.741. The lowest BCUT2D eigenvalue weighted by Gasteiger charge is -2.60. The lowest BCUT2D eigenvalue weighted by molar-refractivity contribution is -0.193. The van der Waals surface area contributed by atoms with Gasteiger partial charge in [-0.05, 0) is 26.9 Å². The number of nitrogens with one attached hydrogen (secondary N) is 1. The Balaban J connectivity index is 1.55. The number of hydrogen-bond donors (Lipinski definition) is 1. The molecule has 3 rings (SSSR count). The molecule has 116 valence electrons. The maximum absolute atomic E-state index is 5.99. The van der Waals surface area contributed by atoms with Crippen LogP contribution in [-0.4, -0.2) is 74.9 Å². The number of piperazine rings is 1. The first-order valence-corrected chi connectivity index (χ1v) is 8.24. The molecule has 2 aliphatic heterocycles. The Bertz CT molecular complexity index is 347. The molecule has 0 spiro atoms. The van der Waals surface area contributed by atoms with Gasteiger partial charge < -0.3 is 15.0 Å². The van der Waals surface area contributed by atoms with Gasteiger partial charge in [-0.25, -0.2) is 0 Å². The molecule has 3 fully saturated rings. The second-order valence-corrected chi connectivity index (χ2v) is 7.70. The molecule has 1 N–H and O–H groups in total. The van der Waals surface area contributed by atoms with Gasteiger partial charge in [-0.1, -0.05) is 13.8 Å². The SMILES string of the molecule is CN1CCN(C)C(CNC2C3CCCOC3C2(C)C)C1. The summed E-state index contributed by atoms with van der Waals surface area (Å²) in [5.41, 5.74) is 0.296. The quantitative estimate of drug-likeness (QED) is 0.836. The highest BCUT2D eigenvalue weighted by Crippen LogP contribution is 2.51. The van der Waals surface area contributed by atoms with Crippen LogP contribution < -0.4 is 5.32 Å². The van der Waals surface area contributed by atoms with Crippen molar-refractivity contribution >= 4 is 0 Å². The van der Waals surface area contributed by atoms with E-state index >= 15 is 0 Å². The van der Waals surface area contributed by atoms with Crippen molar-refractivity contribution < 1.29 is 4.74 Å². The molecule has 3 aliphatic rings. The molecule has 1 aliphatic carbocycles. The van der Waals surface area contributed by atoms with E-state index in [1.807, 2.05) is 0 Å². The molecular formula is C16H31N3O. The van der Waals surface area contributed by atoms with Crippen LogP contribution in [0.25, 0.3) is 0 Å². The Labute approximate surface area is 123 Å². The summed E-state index contributed by atoms with van der Waals surface area (Å²) in [7, 11) is 4.50. The fourth-order valence-electron chi connectivity index (χ4n) is 4.52. The molecule has 20 heavy (non-hydrogen) atoms. The molecule has 4 heteroatoms. The summed E-state index contributed by atoms with van der Waals surface area (Å²) in [6, 6.07) is 1.28. The molecule has 4 atom stereocenters. The van der Waals surface area contributed by atoms with E-state index in [4.69, 9.17) is 4.74 Å². The molecule has 0 amide bonds. The number of ether oxygens (including phenoxy) is 1. The zero-order valence-corrected chi connectivity index (χ0v) is 13.6. The van der Waals surface area contributed by atoms with Gasteiger partial charge in [-0.15, -0.1) is 0 Å². The van der Waals surface area contributed by atoms with Crippen molar-refractivity contribution in [3.63, 3.8) is 0 Å². The molecule has 2 saturated heterocycles. The highest BCUT2D eigenvalue weighted by Gasteiger charge is 2.57. The van der Waals surface area contributed by atoms with Gasteiger partial charge in [-0.3, -0.25) is 4.90 Å².